The van der Waals surface area contributed by atoms with Gasteiger partial charge in [-0.2, -0.15) is 4.91 Å². The van der Waals surface area contributed by atoms with E-state index in [0.29, 0.717) is 0 Å². The van der Waals surface area contributed by atoms with Crippen molar-refractivity contribution < 1.29 is 14.9 Å². The molecule has 1 saturated heterocycles. The molecule has 60 valence electrons. The maximum Gasteiger partial charge on any atom is 0.138 e. The van der Waals surface area contributed by atoms with E-state index in [9.17, 15) is 4.91 Å². The van der Waals surface area contributed by atoms with Crippen LogP contribution >= 0.6 is 0 Å². The van der Waals surface area contributed by atoms with E-state index in [0.717, 1.165) is 0 Å². The van der Waals surface area contributed by atoms with Crippen LogP contribution in [0.3, 0.4) is 0 Å². The fourth-order valence-corrected chi connectivity index (χ4v) is 1.05. The minimum Gasteiger partial charge on any atom is -0.394 e. The molecule has 1 aliphatic rings. The van der Waals surface area contributed by atoms with Gasteiger partial charge in [-0.25, -0.2) is 0 Å². The molecule has 0 aromatic rings. The van der Waals surface area contributed by atoms with Crippen LogP contribution in [0.5, 0.6) is 0 Å². The van der Waals surface area contributed by atoms with Gasteiger partial charge in [0.1, 0.15) is 26.1 Å². The molecule has 1 fully saturated rings. The Morgan fingerprint density at radius 3 is 2.55 bits per heavy atom. The lowest BCUT2D eigenvalue weighted by Crippen LogP contribution is -2.32. The average molecular weight is 157 g/mol. The van der Waals surface area contributed by atoms with Crippen LogP contribution in [0.4, 0.5) is 0 Å². The summed E-state index contributed by atoms with van der Waals surface area (Å²) in [6.07, 6.45) is -1.87. The van der Waals surface area contributed by atoms with Crippen molar-refractivity contribution in [1.29, 1.82) is 0 Å². The van der Waals surface area contributed by atoms with Gasteiger partial charge in [-0.05, 0) is 0 Å². The van der Waals surface area contributed by atoms with E-state index < -0.39 is 24.3 Å². The summed E-state index contributed by atoms with van der Waals surface area (Å²) in [6, 6.07) is -1.87. The number of aliphatic hydroxyl groups excluding tert-OH is 2. The molecular weight excluding hydrogens is 149 g/mol. The lowest BCUT2D eigenvalue weighted by molar-refractivity contribution is -0.00436. The van der Waals surface area contributed by atoms with Gasteiger partial charge in [0.2, 0.25) is 0 Å². The van der Waals surface area contributed by atoms with Crippen molar-refractivity contribution in [3.8, 4) is 0 Å². The van der Waals surface area contributed by atoms with Crippen LogP contribution in [0.1, 0.15) is 0 Å². The Morgan fingerprint density at radius 2 is 2.27 bits per heavy atom. The monoisotopic (exact) mass is 157 g/mol. The van der Waals surface area contributed by atoms with E-state index in [1.54, 1.807) is 0 Å². The minimum atomic E-state index is -1.09. The minimum absolute atomic E-state index is 0.360. The summed E-state index contributed by atoms with van der Waals surface area (Å²) < 4.78 is 4.81. The summed E-state index contributed by atoms with van der Waals surface area (Å²) in [4.78, 5) is 10.0. The first-order valence-corrected chi connectivity index (χ1v) is 3.23. The van der Waals surface area contributed by atoms with Crippen LogP contribution in [-0.2, 0) is 4.74 Å². The van der Waals surface area contributed by atoms with Gasteiger partial charge in [0.15, 0.2) is 0 Å². The first kappa shape index (κ1) is 8.64. The Bertz CT molecular complexity index is 155. The highest BCUT2D eigenvalue weighted by Gasteiger charge is 2.41. The molecule has 5 nitrogen and oxygen atoms in total. The topological polar surface area (TPSA) is 79.1 Å². The van der Waals surface area contributed by atoms with Crippen molar-refractivity contribution in [3.05, 3.63) is 4.91 Å². The maximum absolute atomic E-state index is 10.0. The standard InChI is InChI=1S/C5H8BNO4/c6-5-3(7-10)4(9)2(1-8)11-5/h2-5,8-9H,1H2/t2-,3?,4?,5-/m1/s1. The highest BCUT2D eigenvalue weighted by Crippen LogP contribution is 2.21. The quantitative estimate of drug-likeness (QED) is 0.372. The summed E-state index contributed by atoms with van der Waals surface area (Å²) in [6.45, 7) is -0.360. The third-order valence-electron chi connectivity index (χ3n) is 1.70. The first-order valence-electron chi connectivity index (χ1n) is 3.23. The summed E-state index contributed by atoms with van der Waals surface area (Å²) in [5, 5.41) is 20.3. The van der Waals surface area contributed by atoms with Gasteiger partial charge in [0, 0.05) is 6.00 Å². The molecule has 0 saturated carbocycles. The van der Waals surface area contributed by atoms with E-state index in [1.165, 1.54) is 0 Å². The van der Waals surface area contributed by atoms with Gasteiger partial charge in [-0.1, -0.05) is 5.18 Å². The molecule has 2 unspecified atom stereocenters. The van der Waals surface area contributed by atoms with Crippen molar-refractivity contribution in [2.75, 3.05) is 6.61 Å². The fourth-order valence-electron chi connectivity index (χ4n) is 1.05. The molecule has 0 spiro atoms. The highest BCUT2D eigenvalue weighted by atomic mass is 16.5. The lowest BCUT2D eigenvalue weighted by Gasteiger charge is -2.09. The van der Waals surface area contributed by atoms with E-state index in [1.807, 2.05) is 0 Å². The molecule has 2 N–H and O–H groups in total. The van der Waals surface area contributed by atoms with E-state index in [4.69, 9.17) is 22.8 Å². The second-order valence-corrected chi connectivity index (χ2v) is 2.41. The molecule has 0 amide bonds. The maximum atomic E-state index is 10.0. The normalized spacial score (nSPS) is 44.2. The first-order chi connectivity index (χ1) is 5.20. The van der Waals surface area contributed by atoms with Gasteiger partial charge < -0.3 is 14.9 Å². The SMILES string of the molecule is [B][C@@H]1O[C@H](CO)C(O)C1N=O. The van der Waals surface area contributed by atoms with Gasteiger partial charge in [0.25, 0.3) is 0 Å². The molecule has 0 bridgehead atoms. The predicted octanol–water partition coefficient (Wildman–Crippen LogP) is -1.63. The average Bonchev–Trinajstić information content (AvgIpc) is 2.26. The number of ether oxygens (including phenoxy) is 1. The number of hydrogen-bond donors (Lipinski definition) is 2. The zero-order valence-corrected chi connectivity index (χ0v) is 5.75. The van der Waals surface area contributed by atoms with Gasteiger partial charge in [-0.3, -0.25) is 0 Å². The van der Waals surface area contributed by atoms with Crippen molar-refractivity contribution in [3.63, 3.8) is 0 Å². The Balaban J connectivity index is 2.62. The molecule has 0 aromatic carbocycles. The molecule has 2 radical (unpaired) electrons. The van der Waals surface area contributed by atoms with Crippen LogP contribution < -0.4 is 0 Å². The number of nitroso groups, excluding NO2 is 1. The molecule has 1 rings (SSSR count). The molecule has 1 aliphatic heterocycles. The van der Waals surface area contributed by atoms with E-state index in [2.05, 4.69) is 5.18 Å². The van der Waals surface area contributed by atoms with Gasteiger partial charge in [-0.15, -0.1) is 0 Å². The van der Waals surface area contributed by atoms with Gasteiger partial charge >= 0.3 is 0 Å². The molecule has 0 aliphatic carbocycles. The van der Waals surface area contributed by atoms with Crippen LogP contribution in [-0.4, -0.2) is 48.9 Å². The van der Waals surface area contributed by atoms with Crippen LogP contribution in [0.25, 0.3) is 0 Å². The van der Waals surface area contributed by atoms with Crippen molar-refractivity contribution >= 4 is 7.85 Å². The number of rotatable bonds is 2. The Kier molecular flexibility index (Phi) is 2.59. The highest BCUT2D eigenvalue weighted by molar-refractivity contribution is 6.11. The summed E-state index contributed by atoms with van der Waals surface area (Å²) in [5.41, 5.74) is 0. The molecular formula is C5H8BNO4. The summed E-state index contributed by atoms with van der Waals surface area (Å²) in [5.74, 6) is 0. The second kappa shape index (κ2) is 3.29. The predicted molar refractivity (Wildman–Crippen MR) is 37.1 cm³/mol. The molecule has 6 heteroatoms. The third kappa shape index (κ3) is 1.42. The third-order valence-corrected chi connectivity index (χ3v) is 1.70. The van der Waals surface area contributed by atoms with Crippen molar-refractivity contribution in [1.82, 2.24) is 0 Å². The number of hydrogen-bond acceptors (Lipinski definition) is 5. The lowest BCUT2D eigenvalue weighted by atomic mass is 9.91. The fraction of sp³-hybridized carbons (Fsp3) is 1.00. The van der Waals surface area contributed by atoms with Crippen molar-refractivity contribution in [2.24, 2.45) is 5.18 Å². The smallest absolute Gasteiger partial charge is 0.138 e. The Morgan fingerprint density at radius 1 is 1.64 bits per heavy atom. The molecule has 4 atom stereocenters. The number of nitrogens with zero attached hydrogens (tertiary/aromatic N) is 1. The van der Waals surface area contributed by atoms with Crippen LogP contribution in [0.15, 0.2) is 5.18 Å². The van der Waals surface area contributed by atoms with Crippen LogP contribution in [0.2, 0.25) is 0 Å². The zero-order valence-electron chi connectivity index (χ0n) is 5.75. The Labute approximate surface area is 64.7 Å². The van der Waals surface area contributed by atoms with Gasteiger partial charge in [0.05, 0.1) is 6.61 Å². The van der Waals surface area contributed by atoms with E-state index >= 15 is 0 Å². The van der Waals surface area contributed by atoms with Crippen LogP contribution in [0, 0.1) is 4.91 Å². The summed E-state index contributed by atoms with van der Waals surface area (Å²) in [7, 11) is 5.26. The molecule has 1 heterocycles. The number of aliphatic hydroxyl groups is 2. The largest absolute Gasteiger partial charge is 0.394 e. The molecule has 0 aromatic heterocycles. The van der Waals surface area contributed by atoms with Crippen molar-refractivity contribution in [2.45, 2.75) is 24.3 Å². The zero-order chi connectivity index (χ0) is 8.43. The molecule has 11 heavy (non-hydrogen) atoms. The van der Waals surface area contributed by atoms with E-state index in [-0.39, 0.29) is 6.61 Å². The summed E-state index contributed by atoms with van der Waals surface area (Å²) >= 11 is 0. The second-order valence-electron chi connectivity index (χ2n) is 2.41. The Hall–Kier alpha value is -0.455.